The first-order valence-corrected chi connectivity index (χ1v) is 6.81. The van der Waals surface area contributed by atoms with Crippen LogP contribution >= 0.6 is 0 Å². The summed E-state index contributed by atoms with van der Waals surface area (Å²) in [4.78, 5) is 11.5. The van der Waals surface area contributed by atoms with Crippen LogP contribution in [-0.4, -0.2) is 12.5 Å². The molecule has 0 amide bonds. The van der Waals surface area contributed by atoms with Crippen molar-refractivity contribution in [2.45, 2.75) is 46.0 Å². The predicted octanol–water partition coefficient (Wildman–Crippen LogP) is 3.99. The van der Waals surface area contributed by atoms with E-state index in [0.29, 0.717) is 12.2 Å². The third kappa shape index (κ3) is 5.71. The molecule has 0 bridgehead atoms. The number of carbonyl (C=O) groups is 1. The summed E-state index contributed by atoms with van der Waals surface area (Å²) in [5.74, 6) is 0.472. The minimum atomic E-state index is -0.150. The highest BCUT2D eigenvalue weighted by Crippen LogP contribution is 2.18. The lowest BCUT2D eigenvalue weighted by Crippen LogP contribution is -2.08. The number of ether oxygens (including phenoxy) is 1. The standard InChI is InChI=1S/C15H23NO2/c1-3-5-10-15(17)18-14-9-7-8-13(12-14)16-11-6-4-2/h7-9,12,16H,3-6,10-11H2,1-2H3. The van der Waals surface area contributed by atoms with E-state index in [4.69, 9.17) is 4.74 Å². The molecule has 0 atom stereocenters. The van der Waals surface area contributed by atoms with Gasteiger partial charge in [-0.15, -0.1) is 0 Å². The highest BCUT2D eigenvalue weighted by Gasteiger charge is 2.04. The van der Waals surface area contributed by atoms with E-state index in [0.717, 1.165) is 31.5 Å². The summed E-state index contributed by atoms with van der Waals surface area (Å²) in [6.45, 7) is 5.17. The molecule has 0 radical (unpaired) electrons. The summed E-state index contributed by atoms with van der Waals surface area (Å²) < 4.78 is 5.28. The number of hydrogen-bond acceptors (Lipinski definition) is 3. The molecule has 0 fully saturated rings. The fourth-order valence-electron chi connectivity index (χ4n) is 1.58. The van der Waals surface area contributed by atoms with E-state index in [9.17, 15) is 4.79 Å². The maximum atomic E-state index is 11.5. The van der Waals surface area contributed by atoms with Crippen LogP contribution in [0.2, 0.25) is 0 Å². The second-order valence-electron chi connectivity index (χ2n) is 4.39. The Balaban J connectivity index is 2.45. The van der Waals surface area contributed by atoms with Gasteiger partial charge in [-0.25, -0.2) is 0 Å². The number of rotatable bonds is 8. The van der Waals surface area contributed by atoms with Gasteiger partial charge in [-0.05, 0) is 25.0 Å². The van der Waals surface area contributed by atoms with Crippen molar-refractivity contribution in [3.8, 4) is 5.75 Å². The lowest BCUT2D eigenvalue weighted by molar-refractivity contribution is -0.134. The van der Waals surface area contributed by atoms with Crippen LogP contribution in [0.15, 0.2) is 24.3 Å². The molecule has 0 unspecified atom stereocenters. The fraction of sp³-hybridized carbons (Fsp3) is 0.533. The molecule has 0 aliphatic carbocycles. The number of nitrogens with one attached hydrogen (secondary N) is 1. The molecule has 0 aliphatic heterocycles. The Morgan fingerprint density at radius 2 is 2.00 bits per heavy atom. The monoisotopic (exact) mass is 249 g/mol. The van der Waals surface area contributed by atoms with Gasteiger partial charge in [-0.1, -0.05) is 32.8 Å². The summed E-state index contributed by atoms with van der Waals surface area (Å²) in [5, 5.41) is 3.31. The molecule has 1 aromatic rings. The van der Waals surface area contributed by atoms with E-state index in [2.05, 4.69) is 19.2 Å². The molecule has 0 heterocycles. The van der Waals surface area contributed by atoms with Crippen molar-refractivity contribution < 1.29 is 9.53 Å². The van der Waals surface area contributed by atoms with Crippen LogP contribution < -0.4 is 10.1 Å². The summed E-state index contributed by atoms with van der Waals surface area (Å²) in [5.41, 5.74) is 1.00. The van der Waals surface area contributed by atoms with Gasteiger partial charge in [0, 0.05) is 24.7 Å². The minimum absolute atomic E-state index is 0.150. The number of anilines is 1. The SMILES string of the molecule is CCCCNc1cccc(OC(=O)CCCC)c1. The van der Waals surface area contributed by atoms with Crippen molar-refractivity contribution in [2.75, 3.05) is 11.9 Å². The molecular weight excluding hydrogens is 226 g/mol. The number of unbranched alkanes of at least 4 members (excludes halogenated alkanes) is 2. The van der Waals surface area contributed by atoms with Crippen LogP contribution in [0.3, 0.4) is 0 Å². The highest BCUT2D eigenvalue weighted by atomic mass is 16.5. The molecule has 1 N–H and O–H groups in total. The van der Waals surface area contributed by atoms with Crippen LogP contribution in [0.25, 0.3) is 0 Å². The largest absolute Gasteiger partial charge is 0.426 e. The zero-order valence-electron chi connectivity index (χ0n) is 11.4. The van der Waals surface area contributed by atoms with Crippen LogP contribution in [0.1, 0.15) is 46.0 Å². The summed E-state index contributed by atoms with van der Waals surface area (Å²) in [6.07, 6.45) is 4.68. The van der Waals surface area contributed by atoms with Gasteiger partial charge in [0.05, 0.1) is 0 Å². The molecule has 18 heavy (non-hydrogen) atoms. The van der Waals surface area contributed by atoms with Crippen molar-refractivity contribution in [1.82, 2.24) is 0 Å². The second kappa shape index (κ2) is 8.56. The predicted molar refractivity (Wildman–Crippen MR) is 75.0 cm³/mol. The normalized spacial score (nSPS) is 10.1. The molecule has 1 aromatic carbocycles. The molecule has 0 aliphatic rings. The van der Waals surface area contributed by atoms with Crippen LogP contribution in [0, 0.1) is 0 Å². The van der Waals surface area contributed by atoms with Gasteiger partial charge < -0.3 is 10.1 Å². The Morgan fingerprint density at radius 3 is 2.72 bits per heavy atom. The van der Waals surface area contributed by atoms with Crippen molar-refractivity contribution in [3.63, 3.8) is 0 Å². The fourth-order valence-corrected chi connectivity index (χ4v) is 1.58. The number of esters is 1. The first-order chi connectivity index (χ1) is 8.76. The minimum Gasteiger partial charge on any atom is -0.426 e. The van der Waals surface area contributed by atoms with E-state index >= 15 is 0 Å². The zero-order valence-corrected chi connectivity index (χ0v) is 11.4. The van der Waals surface area contributed by atoms with E-state index in [1.807, 2.05) is 24.3 Å². The Bertz CT molecular complexity index is 363. The highest BCUT2D eigenvalue weighted by molar-refractivity contribution is 5.72. The Morgan fingerprint density at radius 1 is 1.22 bits per heavy atom. The summed E-state index contributed by atoms with van der Waals surface area (Å²) in [6, 6.07) is 7.57. The third-order valence-corrected chi connectivity index (χ3v) is 2.66. The van der Waals surface area contributed by atoms with Gasteiger partial charge in [0.15, 0.2) is 0 Å². The average molecular weight is 249 g/mol. The molecule has 1 rings (SSSR count). The maximum absolute atomic E-state index is 11.5. The number of benzene rings is 1. The first kappa shape index (κ1) is 14.6. The van der Waals surface area contributed by atoms with E-state index in [-0.39, 0.29) is 5.97 Å². The molecule has 0 spiro atoms. The van der Waals surface area contributed by atoms with E-state index in [1.54, 1.807) is 0 Å². The van der Waals surface area contributed by atoms with Gasteiger partial charge >= 0.3 is 5.97 Å². The first-order valence-electron chi connectivity index (χ1n) is 6.81. The Hall–Kier alpha value is -1.51. The van der Waals surface area contributed by atoms with E-state index < -0.39 is 0 Å². The van der Waals surface area contributed by atoms with Gasteiger partial charge in [-0.3, -0.25) is 4.79 Å². The topological polar surface area (TPSA) is 38.3 Å². The van der Waals surface area contributed by atoms with Crippen molar-refractivity contribution >= 4 is 11.7 Å². The van der Waals surface area contributed by atoms with Crippen LogP contribution in [0.4, 0.5) is 5.69 Å². The van der Waals surface area contributed by atoms with Crippen molar-refractivity contribution in [1.29, 1.82) is 0 Å². The van der Waals surface area contributed by atoms with Crippen molar-refractivity contribution in [2.24, 2.45) is 0 Å². The van der Waals surface area contributed by atoms with Crippen LogP contribution in [-0.2, 0) is 4.79 Å². The molecule has 100 valence electrons. The van der Waals surface area contributed by atoms with Gasteiger partial charge in [0.2, 0.25) is 0 Å². The van der Waals surface area contributed by atoms with Crippen molar-refractivity contribution in [3.05, 3.63) is 24.3 Å². The Kier molecular flexibility index (Phi) is 6.92. The molecular formula is C15H23NO2. The molecule has 0 saturated heterocycles. The quantitative estimate of drug-likeness (QED) is 0.430. The number of carbonyl (C=O) groups excluding carboxylic acids is 1. The number of hydrogen-bond donors (Lipinski definition) is 1. The lowest BCUT2D eigenvalue weighted by atomic mass is 10.2. The lowest BCUT2D eigenvalue weighted by Gasteiger charge is -2.08. The van der Waals surface area contributed by atoms with Gasteiger partial charge in [0.1, 0.15) is 5.75 Å². The zero-order chi connectivity index (χ0) is 13.2. The van der Waals surface area contributed by atoms with Gasteiger partial charge in [0.25, 0.3) is 0 Å². The second-order valence-corrected chi connectivity index (χ2v) is 4.39. The Labute approximate surface area is 110 Å². The van der Waals surface area contributed by atoms with E-state index in [1.165, 1.54) is 6.42 Å². The molecule has 3 nitrogen and oxygen atoms in total. The summed E-state index contributed by atoms with van der Waals surface area (Å²) >= 11 is 0. The average Bonchev–Trinajstić information content (AvgIpc) is 2.37. The molecule has 0 saturated carbocycles. The maximum Gasteiger partial charge on any atom is 0.311 e. The summed E-state index contributed by atoms with van der Waals surface area (Å²) in [7, 11) is 0. The molecule has 3 heteroatoms. The molecule has 0 aromatic heterocycles. The smallest absolute Gasteiger partial charge is 0.311 e. The van der Waals surface area contributed by atoms with Gasteiger partial charge in [-0.2, -0.15) is 0 Å². The van der Waals surface area contributed by atoms with Crippen LogP contribution in [0.5, 0.6) is 5.75 Å². The third-order valence-electron chi connectivity index (χ3n) is 2.66.